The molecule has 0 radical (unpaired) electrons. The molecule has 0 saturated carbocycles. The third kappa shape index (κ3) is 4.28. The maximum atomic E-state index is 12.6. The molecule has 1 aromatic carbocycles. The lowest BCUT2D eigenvalue weighted by Crippen LogP contribution is -2.16. The van der Waals surface area contributed by atoms with Crippen LogP contribution in [0.25, 0.3) is 0 Å². The number of anilines is 1. The number of nitro benzene ring substituents is 1. The molecule has 0 atom stereocenters. The maximum absolute atomic E-state index is 12.6. The molecule has 1 aromatic heterocycles. The third-order valence-corrected chi connectivity index (χ3v) is 3.38. The molecule has 0 saturated heterocycles. The second kappa shape index (κ2) is 7.11. The minimum atomic E-state index is -4.59. The van der Waals surface area contributed by atoms with Gasteiger partial charge in [-0.15, -0.1) is 0 Å². The maximum Gasteiger partial charge on any atom is 0.417 e. The number of rotatable bonds is 5. The fourth-order valence-electron chi connectivity index (χ4n) is 1.84. The van der Waals surface area contributed by atoms with Crippen LogP contribution in [0.4, 0.5) is 24.5 Å². The molecule has 11 heteroatoms. The molecule has 2 rings (SSSR count). The Hall–Kier alpha value is -2.59. The van der Waals surface area contributed by atoms with E-state index in [2.05, 4.69) is 4.98 Å². The summed E-state index contributed by atoms with van der Waals surface area (Å²) in [5.74, 6) is -0.187. The topological polar surface area (TPSA) is 77.7 Å². The number of halogens is 4. The Morgan fingerprint density at radius 1 is 1.32 bits per heavy atom. The van der Waals surface area contributed by atoms with Gasteiger partial charge in [-0.05, 0) is 12.1 Å². The fourth-order valence-corrected chi connectivity index (χ4v) is 2.04. The van der Waals surface area contributed by atoms with Crippen molar-refractivity contribution in [3.8, 4) is 11.6 Å². The highest BCUT2D eigenvalue weighted by molar-refractivity contribution is 6.31. The van der Waals surface area contributed by atoms with Crippen molar-refractivity contribution >= 4 is 23.0 Å². The van der Waals surface area contributed by atoms with Gasteiger partial charge in [-0.3, -0.25) is 20.0 Å². The number of ether oxygens (including phenoxy) is 1. The van der Waals surface area contributed by atoms with E-state index in [9.17, 15) is 23.3 Å². The van der Waals surface area contributed by atoms with Crippen molar-refractivity contribution in [2.24, 2.45) is 0 Å². The van der Waals surface area contributed by atoms with Gasteiger partial charge in [0.1, 0.15) is 16.5 Å². The van der Waals surface area contributed by atoms with Crippen LogP contribution < -0.4 is 9.80 Å². The number of nitrogens with zero attached hydrogens (tertiary/aromatic N) is 3. The summed E-state index contributed by atoms with van der Waals surface area (Å²) in [6.45, 7) is 0. The molecule has 1 heterocycles. The van der Waals surface area contributed by atoms with E-state index in [1.807, 2.05) is 0 Å². The van der Waals surface area contributed by atoms with Gasteiger partial charge in [0.25, 0.3) is 5.69 Å². The summed E-state index contributed by atoms with van der Waals surface area (Å²) in [5.41, 5.74) is -1.19. The van der Waals surface area contributed by atoms with Gasteiger partial charge in [0.05, 0.1) is 17.6 Å². The monoisotopic (exact) mass is 377 g/mol. The molecule has 7 nitrogen and oxygen atoms in total. The first kappa shape index (κ1) is 18.7. The first-order valence-corrected chi connectivity index (χ1v) is 6.98. The number of nitro groups is 1. The van der Waals surface area contributed by atoms with E-state index in [1.165, 1.54) is 26.3 Å². The first-order valence-electron chi connectivity index (χ1n) is 6.60. The molecule has 0 aliphatic rings. The SMILES string of the molecule is CON(C)c1cc(Oc2ncc(C(F)(F)F)cc2Cl)ccc1[N+](=O)[O-]. The molecule has 0 aliphatic heterocycles. The first-order chi connectivity index (χ1) is 11.6. The zero-order valence-corrected chi connectivity index (χ0v) is 13.6. The zero-order valence-electron chi connectivity index (χ0n) is 12.9. The number of alkyl halides is 3. The number of hydrogen-bond donors (Lipinski definition) is 0. The highest BCUT2D eigenvalue weighted by Gasteiger charge is 2.32. The lowest BCUT2D eigenvalue weighted by molar-refractivity contribution is -0.384. The highest BCUT2D eigenvalue weighted by Crippen LogP contribution is 2.37. The normalized spacial score (nSPS) is 11.3. The molecular weight excluding hydrogens is 367 g/mol. The van der Waals surface area contributed by atoms with Crippen LogP contribution in [-0.4, -0.2) is 24.1 Å². The second-order valence-electron chi connectivity index (χ2n) is 4.70. The Bertz CT molecular complexity index is 801. The molecule has 25 heavy (non-hydrogen) atoms. The van der Waals surface area contributed by atoms with Crippen molar-refractivity contribution in [3.05, 3.63) is 51.2 Å². The molecule has 0 amide bonds. The van der Waals surface area contributed by atoms with Crippen molar-refractivity contribution in [1.82, 2.24) is 4.98 Å². The van der Waals surface area contributed by atoms with E-state index in [1.54, 1.807) is 0 Å². The van der Waals surface area contributed by atoms with Gasteiger partial charge in [-0.1, -0.05) is 11.6 Å². The van der Waals surface area contributed by atoms with Gasteiger partial charge < -0.3 is 4.74 Å². The lowest BCUT2D eigenvalue weighted by atomic mass is 10.2. The van der Waals surface area contributed by atoms with Gasteiger partial charge in [-0.25, -0.2) is 4.98 Å². The van der Waals surface area contributed by atoms with Crippen molar-refractivity contribution in [2.45, 2.75) is 6.18 Å². The van der Waals surface area contributed by atoms with Crippen LogP contribution in [0.5, 0.6) is 11.6 Å². The number of aromatic nitrogens is 1. The van der Waals surface area contributed by atoms with Gasteiger partial charge >= 0.3 is 6.18 Å². The summed E-state index contributed by atoms with van der Waals surface area (Å²) in [6, 6.07) is 4.38. The van der Waals surface area contributed by atoms with Crippen LogP contribution in [0, 0.1) is 10.1 Å². The summed E-state index contributed by atoms with van der Waals surface area (Å²) in [7, 11) is 2.75. The van der Waals surface area contributed by atoms with Crippen molar-refractivity contribution in [2.75, 3.05) is 19.2 Å². The third-order valence-electron chi connectivity index (χ3n) is 3.11. The van der Waals surface area contributed by atoms with Crippen LogP contribution in [-0.2, 0) is 11.0 Å². The molecule has 0 fully saturated rings. The summed E-state index contributed by atoms with van der Waals surface area (Å²) < 4.78 is 43.1. The largest absolute Gasteiger partial charge is 0.437 e. The molecule has 0 spiro atoms. The van der Waals surface area contributed by atoms with E-state index in [4.69, 9.17) is 21.2 Å². The fraction of sp³-hybridized carbons (Fsp3) is 0.214. The zero-order chi connectivity index (χ0) is 18.8. The van der Waals surface area contributed by atoms with Crippen molar-refractivity contribution < 1.29 is 27.7 Å². The quantitative estimate of drug-likeness (QED) is 0.566. The van der Waals surface area contributed by atoms with Crippen molar-refractivity contribution in [1.29, 1.82) is 0 Å². The minimum absolute atomic E-state index is 0.0769. The predicted octanol–water partition coefficient (Wildman–Crippen LogP) is 4.45. The summed E-state index contributed by atoms with van der Waals surface area (Å²) in [5, 5.41) is 11.8. The van der Waals surface area contributed by atoms with Gasteiger partial charge in [0.15, 0.2) is 0 Å². The predicted molar refractivity (Wildman–Crippen MR) is 82.8 cm³/mol. The summed E-state index contributed by atoms with van der Waals surface area (Å²) in [4.78, 5) is 18.9. The minimum Gasteiger partial charge on any atom is -0.437 e. The van der Waals surface area contributed by atoms with E-state index >= 15 is 0 Å². The van der Waals surface area contributed by atoms with Crippen LogP contribution in [0.1, 0.15) is 5.56 Å². The van der Waals surface area contributed by atoms with Crippen LogP contribution in [0.3, 0.4) is 0 Å². The summed E-state index contributed by atoms with van der Waals surface area (Å²) in [6.07, 6.45) is -4.01. The Morgan fingerprint density at radius 2 is 2.00 bits per heavy atom. The number of hydrogen-bond acceptors (Lipinski definition) is 6. The average Bonchev–Trinajstić information content (AvgIpc) is 2.54. The summed E-state index contributed by atoms with van der Waals surface area (Å²) >= 11 is 5.77. The van der Waals surface area contributed by atoms with Gasteiger partial charge in [-0.2, -0.15) is 13.2 Å². The molecule has 0 unspecified atom stereocenters. The van der Waals surface area contributed by atoms with Gasteiger partial charge in [0, 0.05) is 25.4 Å². The van der Waals surface area contributed by atoms with Crippen LogP contribution in [0.15, 0.2) is 30.5 Å². The number of pyridine rings is 1. The Balaban J connectivity index is 2.36. The highest BCUT2D eigenvalue weighted by atomic mass is 35.5. The molecular formula is C14H11ClF3N3O4. The lowest BCUT2D eigenvalue weighted by Gasteiger charge is -2.17. The number of hydroxylamine groups is 1. The second-order valence-corrected chi connectivity index (χ2v) is 5.11. The Labute approximate surface area is 144 Å². The van der Waals surface area contributed by atoms with E-state index in [-0.39, 0.29) is 28.0 Å². The average molecular weight is 378 g/mol. The van der Waals surface area contributed by atoms with E-state index < -0.39 is 16.7 Å². The van der Waals surface area contributed by atoms with Crippen molar-refractivity contribution in [3.63, 3.8) is 0 Å². The Kier molecular flexibility index (Phi) is 5.33. The van der Waals surface area contributed by atoms with Crippen LogP contribution in [0.2, 0.25) is 5.02 Å². The smallest absolute Gasteiger partial charge is 0.417 e. The molecule has 0 bridgehead atoms. The van der Waals surface area contributed by atoms with Gasteiger partial charge in [0.2, 0.25) is 5.88 Å². The Morgan fingerprint density at radius 3 is 2.52 bits per heavy atom. The molecule has 134 valence electrons. The molecule has 0 aliphatic carbocycles. The van der Waals surface area contributed by atoms with Crippen LogP contribution >= 0.6 is 11.6 Å². The molecule has 0 N–H and O–H groups in total. The number of benzene rings is 1. The van der Waals surface area contributed by atoms with E-state index in [0.717, 1.165) is 11.1 Å². The molecule has 2 aromatic rings. The standard InChI is InChI=1S/C14H11ClF3N3O4/c1-20(24-2)12-6-9(3-4-11(12)21(22)23)25-13-10(15)5-8(7-19-13)14(16,17)18/h3-7H,1-2H3. The van der Waals surface area contributed by atoms with E-state index in [0.29, 0.717) is 12.3 Å².